The van der Waals surface area contributed by atoms with E-state index in [2.05, 4.69) is 55.8 Å². The van der Waals surface area contributed by atoms with Crippen LogP contribution in [-0.4, -0.2) is 50.0 Å². The molecule has 2 N–H and O–H groups in total. The standard InChI is InChI=1S/C34H48N2O4S/c1-23-26(31(37)35-22-34(38)13-16-41(39)17-14-34)20-29(36(23)21-24-8-6-5-7-9-24)25-18-27(32(2,3)4)30-28(19-25)33(10-11-33)12-15-40-30/h18-20,24,38H,5-17,21-22H2,1-4H3,(H,35,37). The number of fused-ring (bicyclic) bond motifs is 2. The van der Waals surface area contributed by atoms with Gasteiger partial charge in [-0.3, -0.25) is 9.00 Å². The molecule has 2 aliphatic carbocycles. The second kappa shape index (κ2) is 10.9. The lowest BCUT2D eigenvalue weighted by Crippen LogP contribution is -2.47. The molecule has 1 aromatic carbocycles. The van der Waals surface area contributed by atoms with E-state index in [1.54, 1.807) is 0 Å². The number of nitrogens with zero attached hydrogens (tertiary/aromatic N) is 1. The monoisotopic (exact) mass is 580 g/mol. The molecule has 0 radical (unpaired) electrons. The van der Waals surface area contributed by atoms with Crippen LogP contribution in [0.1, 0.15) is 112 Å². The van der Waals surface area contributed by atoms with Crippen LogP contribution >= 0.6 is 0 Å². The molecule has 2 saturated carbocycles. The van der Waals surface area contributed by atoms with Crippen molar-refractivity contribution in [3.63, 3.8) is 0 Å². The highest BCUT2D eigenvalue weighted by molar-refractivity contribution is 7.85. The van der Waals surface area contributed by atoms with Gasteiger partial charge in [-0.05, 0) is 87.0 Å². The minimum atomic E-state index is -0.982. The predicted molar refractivity (Wildman–Crippen MR) is 165 cm³/mol. The Morgan fingerprint density at radius 2 is 1.78 bits per heavy atom. The largest absolute Gasteiger partial charge is 0.493 e. The lowest BCUT2D eigenvalue weighted by Gasteiger charge is -2.33. The number of aliphatic hydroxyl groups is 1. The van der Waals surface area contributed by atoms with Crippen LogP contribution in [0.2, 0.25) is 0 Å². The maximum atomic E-state index is 13.7. The number of nitrogens with one attached hydrogen (secondary N) is 1. The van der Waals surface area contributed by atoms with Crippen LogP contribution in [0.5, 0.6) is 5.75 Å². The van der Waals surface area contributed by atoms with E-state index in [0.29, 0.717) is 35.8 Å². The fourth-order valence-electron chi connectivity index (χ4n) is 7.37. The van der Waals surface area contributed by atoms with Crippen molar-refractivity contribution in [2.45, 2.75) is 115 Å². The smallest absolute Gasteiger partial charge is 0.253 e. The van der Waals surface area contributed by atoms with Crippen molar-refractivity contribution in [3.05, 3.63) is 40.6 Å². The van der Waals surface area contributed by atoms with Gasteiger partial charge in [-0.1, -0.05) is 40.0 Å². The number of hydrogen-bond acceptors (Lipinski definition) is 4. The van der Waals surface area contributed by atoms with Gasteiger partial charge < -0.3 is 19.7 Å². The zero-order valence-electron chi connectivity index (χ0n) is 25.4. The van der Waals surface area contributed by atoms with Crippen molar-refractivity contribution in [2.75, 3.05) is 24.7 Å². The zero-order chi connectivity index (χ0) is 29.0. The third-order valence-corrected chi connectivity index (χ3v) is 11.7. The molecule has 6 nitrogen and oxygen atoms in total. The average Bonchev–Trinajstić information content (AvgIpc) is 3.65. The van der Waals surface area contributed by atoms with E-state index in [9.17, 15) is 14.1 Å². The first-order valence-electron chi connectivity index (χ1n) is 15.9. The lowest BCUT2D eigenvalue weighted by atomic mass is 9.79. The van der Waals surface area contributed by atoms with Crippen LogP contribution in [0.4, 0.5) is 0 Å². The minimum absolute atomic E-state index is 0.0668. The quantitative estimate of drug-likeness (QED) is 0.429. The van der Waals surface area contributed by atoms with Gasteiger partial charge in [-0.2, -0.15) is 0 Å². The molecule has 0 atom stereocenters. The minimum Gasteiger partial charge on any atom is -0.493 e. The maximum Gasteiger partial charge on any atom is 0.253 e. The fourth-order valence-corrected chi connectivity index (χ4v) is 8.78. The molecule has 2 aliphatic heterocycles. The topological polar surface area (TPSA) is 80.6 Å². The molecule has 41 heavy (non-hydrogen) atoms. The van der Waals surface area contributed by atoms with Crippen LogP contribution in [0.25, 0.3) is 11.3 Å². The van der Waals surface area contributed by atoms with Crippen molar-refractivity contribution in [1.82, 2.24) is 9.88 Å². The van der Waals surface area contributed by atoms with E-state index in [1.165, 1.54) is 61.6 Å². The highest BCUT2D eigenvalue weighted by Crippen LogP contribution is 2.58. The van der Waals surface area contributed by atoms with Gasteiger partial charge in [0.25, 0.3) is 5.91 Å². The normalized spacial score (nSPS) is 25.9. The van der Waals surface area contributed by atoms with Crippen molar-refractivity contribution >= 4 is 16.7 Å². The van der Waals surface area contributed by atoms with Crippen molar-refractivity contribution in [3.8, 4) is 17.0 Å². The first-order valence-corrected chi connectivity index (χ1v) is 17.3. The molecular formula is C34H48N2O4S. The summed E-state index contributed by atoms with van der Waals surface area (Å²) in [4.78, 5) is 13.7. The summed E-state index contributed by atoms with van der Waals surface area (Å²) in [7, 11) is -0.862. The number of rotatable bonds is 6. The van der Waals surface area contributed by atoms with Crippen LogP contribution in [0.3, 0.4) is 0 Å². The van der Waals surface area contributed by atoms with E-state index in [1.807, 2.05) is 0 Å². The molecule has 4 aliphatic rings. The Hall–Kier alpha value is -2.12. The Kier molecular flexibility index (Phi) is 7.67. The molecule has 1 saturated heterocycles. The Morgan fingerprint density at radius 1 is 1.07 bits per heavy atom. The number of amides is 1. The van der Waals surface area contributed by atoms with Crippen LogP contribution < -0.4 is 10.1 Å². The fraction of sp³-hybridized carbons (Fsp3) is 0.676. The second-order valence-corrected chi connectivity index (χ2v) is 16.1. The summed E-state index contributed by atoms with van der Waals surface area (Å²) < 4.78 is 20.6. The summed E-state index contributed by atoms with van der Waals surface area (Å²) in [6.45, 7) is 10.8. The summed E-state index contributed by atoms with van der Waals surface area (Å²) in [5.41, 5.74) is 5.78. The summed E-state index contributed by atoms with van der Waals surface area (Å²) in [5, 5.41) is 14.1. The van der Waals surface area contributed by atoms with Gasteiger partial charge in [0.05, 0.1) is 17.8 Å². The third-order valence-electron chi connectivity index (χ3n) is 10.4. The zero-order valence-corrected chi connectivity index (χ0v) is 26.3. The maximum absolute atomic E-state index is 13.7. The number of carbonyl (C=O) groups is 1. The average molecular weight is 581 g/mol. The summed E-state index contributed by atoms with van der Waals surface area (Å²) in [6.07, 6.45) is 10.8. The predicted octanol–water partition coefficient (Wildman–Crippen LogP) is 6.16. The Labute approximate surface area is 248 Å². The number of carbonyl (C=O) groups excluding carboxylic acids is 1. The molecule has 7 heteroatoms. The highest BCUT2D eigenvalue weighted by Gasteiger charge is 2.49. The molecule has 3 heterocycles. The summed E-state index contributed by atoms with van der Waals surface area (Å²) >= 11 is 0. The van der Waals surface area contributed by atoms with Crippen molar-refractivity contribution in [2.24, 2.45) is 5.92 Å². The second-order valence-electron chi connectivity index (χ2n) is 14.4. The molecule has 3 fully saturated rings. The van der Waals surface area contributed by atoms with Crippen LogP contribution in [0.15, 0.2) is 18.2 Å². The van der Waals surface area contributed by atoms with E-state index in [-0.39, 0.29) is 23.3 Å². The number of ether oxygens (including phenoxy) is 1. The van der Waals surface area contributed by atoms with Crippen molar-refractivity contribution < 1.29 is 18.8 Å². The number of aromatic nitrogens is 1. The first-order chi connectivity index (χ1) is 19.5. The van der Waals surface area contributed by atoms with Gasteiger partial charge in [0.15, 0.2) is 0 Å². The Morgan fingerprint density at radius 3 is 2.44 bits per heavy atom. The van der Waals surface area contributed by atoms with Gasteiger partial charge in [-0.15, -0.1) is 0 Å². The summed E-state index contributed by atoms with van der Waals surface area (Å²) in [5.74, 6) is 2.56. The lowest BCUT2D eigenvalue weighted by molar-refractivity contribution is 0.0303. The Bertz CT molecular complexity index is 1320. The molecule has 1 spiro atoms. The number of benzene rings is 1. The number of hydrogen-bond donors (Lipinski definition) is 2. The van der Waals surface area contributed by atoms with Crippen molar-refractivity contribution in [1.29, 1.82) is 0 Å². The molecule has 224 valence electrons. The van der Waals surface area contributed by atoms with Gasteiger partial charge in [0, 0.05) is 63.3 Å². The Balaban J connectivity index is 1.38. The van der Waals surface area contributed by atoms with E-state index in [4.69, 9.17) is 4.74 Å². The molecule has 0 bridgehead atoms. The van der Waals surface area contributed by atoms with Crippen LogP contribution in [0, 0.1) is 12.8 Å². The third kappa shape index (κ3) is 5.78. The SMILES string of the molecule is Cc1c(C(=O)NCC2(O)CCS(=O)CC2)cc(-c2cc(C(C)(C)C)c3c(c2)C2(CCO3)CC2)n1CC1CCCCC1. The van der Waals surface area contributed by atoms with E-state index < -0.39 is 16.4 Å². The molecular weight excluding hydrogens is 532 g/mol. The van der Waals surface area contributed by atoms with E-state index in [0.717, 1.165) is 36.7 Å². The van der Waals surface area contributed by atoms with Crippen LogP contribution in [-0.2, 0) is 28.2 Å². The molecule has 1 amide bonds. The van der Waals surface area contributed by atoms with Gasteiger partial charge in [0.1, 0.15) is 5.75 Å². The first kappa shape index (κ1) is 29.0. The molecule has 0 unspecified atom stereocenters. The van der Waals surface area contributed by atoms with Gasteiger partial charge >= 0.3 is 0 Å². The molecule has 6 rings (SSSR count). The summed E-state index contributed by atoms with van der Waals surface area (Å²) in [6, 6.07) is 6.78. The molecule has 2 aromatic rings. The van der Waals surface area contributed by atoms with Gasteiger partial charge in [0.2, 0.25) is 0 Å². The molecule has 1 aromatic heterocycles. The van der Waals surface area contributed by atoms with Gasteiger partial charge in [-0.25, -0.2) is 0 Å². The highest BCUT2D eigenvalue weighted by atomic mass is 32.2. The van der Waals surface area contributed by atoms with E-state index >= 15 is 0 Å².